The number of nitrogens with one attached hydrogen (secondary N) is 1. The van der Waals surface area contributed by atoms with Gasteiger partial charge in [-0.15, -0.1) is 0 Å². The van der Waals surface area contributed by atoms with E-state index in [0.29, 0.717) is 0 Å². The molecule has 0 radical (unpaired) electrons. The van der Waals surface area contributed by atoms with Gasteiger partial charge in [-0.25, -0.2) is 4.79 Å². The van der Waals surface area contributed by atoms with Gasteiger partial charge in [0.2, 0.25) is 0 Å². The van der Waals surface area contributed by atoms with E-state index in [1.54, 1.807) is 0 Å². The van der Waals surface area contributed by atoms with Gasteiger partial charge in [-0.2, -0.15) is 0 Å². The van der Waals surface area contributed by atoms with Gasteiger partial charge in [0.25, 0.3) is 0 Å². The summed E-state index contributed by atoms with van der Waals surface area (Å²) in [7, 11) is 1.46. The molecule has 1 unspecified atom stereocenters. The number of carbonyl (C=O) groups excluding carboxylic acids is 1. The molecule has 1 atom stereocenters. The van der Waals surface area contributed by atoms with E-state index in [2.05, 4.69) is 10.1 Å². The number of rotatable bonds is 6. The zero-order valence-corrected chi connectivity index (χ0v) is 7.52. The Balaban J connectivity index is 3.60. The van der Waals surface area contributed by atoms with Crippen LogP contribution in [0, 0.1) is 0 Å². The van der Waals surface area contributed by atoms with Crippen molar-refractivity contribution in [3.63, 3.8) is 0 Å². The highest BCUT2D eigenvalue weighted by molar-refractivity contribution is 5.67. The summed E-state index contributed by atoms with van der Waals surface area (Å²) in [4.78, 5) is 10.8. The highest BCUT2D eigenvalue weighted by Crippen LogP contribution is 1.85. The predicted molar refractivity (Wildman–Crippen MR) is 44.3 cm³/mol. The Bertz CT molecular complexity index is 141. The summed E-state index contributed by atoms with van der Waals surface area (Å²) in [5, 5.41) is 19.4. The summed E-state index contributed by atoms with van der Waals surface area (Å²) in [5.74, 6) is 0. The van der Waals surface area contributed by atoms with Crippen LogP contribution >= 0.6 is 0 Å². The third-order valence-electron chi connectivity index (χ3n) is 1.23. The van der Waals surface area contributed by atoms with Crippen molar-refractivity contribution in [3.8, 4) is 0 Å². The molecule has 13 heavy (non-hydrogen) atoms. The van der Waals surface area contributed by atoms with Gasteiger partial charge in [-0.1, -0.05) is 0 Å². The molecule has 0 aromatic rings. The normalized spacial score (nSPS) is 12.2. The van der Waals surface area contributed by atoms with E-state index in [0.717, 1.165) is 0 Å². The monoisotopic (exact) mass is 193 g/mol. The number of ether oxygens (including phenoxy) is 2. The second kappa shape index (κ2) is 7.78. The molecule has 0 aliphatic carbocycles. The molecule has 6 heteroatoms. The number of aliphatic hydroxyl groups is 2. The second-order valence-electron chi connectivity index (χ2n) is 2.34. The minimum Gasteiger partial charge on any atom is -0.447 e. The molecule has 0 aromatic heterocycles. The summed E-state index contributed by atoms with van der Waals surface area (Å²) < 4.78 is 9.22. The van der Waals surface area contributed by atoms with Crippen LogP contribution in [0.3, 0.4) is 0 Å². The summed E-state index contributed by atoms with van der Waals surface area (Å²) in [6.45, 7) is -0.286. The van der Waals surface area contributed by atoms with Crippen LogP contribution in [0.1, 0.15) is 0 Å². The van der Waals surface area contributed by atoms with Gasteiger partial charge in [0.15, 0.2) is 0 Å². The Hall–Kier alpha value is -0.850. The quantitative estimate of drug-likeness (QED) is 0.488. The lowest BCUT2D eigenvalue weighted by Crippen LogP contribution is -2.41. The standard InChI is InChI=1S/C7H15NO5/c1-12-5-6(4-10)8-7(11)13-3-2-9/h6,9-10H,2-5H2,1H3,(H,8,11). The predicted octanol–water partition coefficient (Wildman–Crippen LogP) is -1.29. The fourth-order valence-corrected chi connectivity index (χ4v) is 0.688. The topological polar surface area (TPSA) is 88.0 Å². The first kappa shape index (κ1) is 12.2. The Morgan fingerprint density at radius 3 is 2.69 bits per heavy atom. The summed E-state index contributed by atoms with van der Waals surface area (Å²) in [6.07, 6.45) is -0.676. The average molecular weight is 193 g/mol. The van der Waals surface area contributed by atoms with Gasteiger partial charge in [-0.05, 0) is 0 Å². The largest absolute Gasteiger partial charge is 0.447 e. The summed E-state index contributed by atoms with van der Waals surface area (Å²) in [6, 6.07) is -0.476. The van der Waals surface area contributed by atoms with Crippen molar-refractivity contribution >= 4 is 6.09 Å². The van der Waals surface area contributed by atoms with Crippen LogP contribution < -0.4 is 5.32 Å². The Kier molecular flexibility index (Phi) is 7.27. The minimum atomic E-state index is -0.676. The van der Waals surface area contributed by atoms with E-state index in [4.69, 9.17) is 14.9 Å². The lowest BCUT2D eigenvalue weighted by atomic mass is 10.3. The molecule has 0 aromatic carbocycles. The molecule has 0 spiro atoms. The fourth-order valence-electron chi connectivity index (χ4n) is 0.688. The van der Waals surface area contributed by atoms with Gasteiger partial charge in [0, 0.05) is 7.11 Å². The van der Waals surface area contributed by atoms with E-state index >= 15 is 0 Å². The van der Waals surface area contributed by atoms with E-state index in [-0.39, 0.29) is 26.4 Å². The Labute approximate surface area is 76.5 Å². The van der Waals surface area contributed by atoms with Crippen LogP contribution in [0.25, 0.3) is 0 Å². The van der Waals surface area contributed by atoms with Crippen molar-refractivity contribution in [2.75, 3.05) is 33.5 Å². The molecule has 0 bridgehead atoms. The third-order valence-corrected chi connectivity index (χ3v) is 1.23. The third kappa shape index (κ3) is 6.32. The zero-order chi connectivity index (χ0) is 10.1. The number of methoxy groups -OCH3 is 1. The molecule has 0 saturated carbocycles. The van der Waals surface area contributed by atoms with Gasteiger partial charge in [-0.3, -0.25) is 0 Å². The zero-order valence-electron chi connectivity index (χ0n) is 7.52. The molecular weight excluding hydrogens is 178 g/mol. The smallest absolute Gasteiger partial charge is 0.407 e. The van der Waals surface area contributed by atoms with E-state index in [1.165, 1.54) is 7.11 Å². The molecule has 6 nitrogen and oxygen atoms in total. The molecule has 1 amide bonds. The lowest BCUT2D eigenvalue weighted by molar-refractivity contribution is 0.0946. The first-order valence-corrected chi connectivity index (χ1v) is 3.88. The average Bonchev–Trinajstić information content (AvgIpc) is 2.14. The first-order valence-electron chi connectivity index (χ1n) is 3.88. The van der Waals surface area contributed by atoms with Crippen LogP contribution in [-0.2, 0) is 9.47 Å². The summed E-state index contributed by atoms with van der Waals surface area (Å²) >= 11 is 0. The Morgan fingerprint density at radius 2 is 2.23 bits per heavy atom. The number of aliphatic hydroxyl groups excluding tert-OH is 2. The van der Waals surface area contributed by atoms with E-state index in [9.17, 15) is 4.79 Å². The van der Waals surface area contributed by atoms with Gasteiger partial charge < -0.3 is 25.0 Å². The molecule has 0 aliphatic heterocycles. The van der Waals surface area contributed by atoms with Crippen molar-refractivity contribution in [1.29, 1.82) is 0 Å². The molecule has 0 fully saturated rings. The highest BCUT2D eigenvalue weighted by atomic mass is 16.6. The molecular formula is C7H15NO5. The first-order chi connectivity index (χ1) is 6.24. The minimum absolute atomic E-state index is 0.0586. The van der Waals surface area contributed by atoms with Gasteiger partial charge >= 0.3 is 6.09 Å². The number of hydrogen-bond acceptors (Lipinski definition) is 5. The van der Waals surface area contributed by atoms with Crippen molar-refractivity contribution < 1.29 is 24.5 Å². The highest BCUT2D eigenvalue weighted by Gasteiger charge is 2.10. The van der Waals surface area contributed by atoms with E-state index < -0.39 is 12.1 Å². The molecule has 78 valence electrons. The van der Waals surface area contributed by atoms with Gasteiger partial charge in [0.05, 0.1) is 25.9 Å². The number of hydrogen-bond donors (Lipinski definition) is 3. The number of amides is 1. The van der Waals surface area contributed by atoms with E-state index in [1.807, 2.05) is 0 Å². The van der Waals surface area contributed by atoms with Crippen molar-refractivity contribution in [2.24, 2.45) is 0 Å². The van der Waals surface area contributed by atoms with Crippen molar-refractivity contribution in [3.05, 3.63) is 0 Å². The fraction of sp³-hybridized carbons (Fsp3) is 0.857. The lowest BCUT2D eigenvalue weighted by Gasteiger charge is -2.14. The number of carbonyl (C=O) groups is 1. The molecule has 0 rings (SSSR count). The Morgan fingerprint density at radius 1 is 1.54 bits per heavy atom. The van der Waals surface area contributed by atoms with Crippen molar-refractivity contribution in [2.45, 2.75) is 6.04 Å². The SMILES string of the molecule is COCC(CO)NC(=O)OCCO. The van der Waals surface area contributed by atoms with Crippen LogP contribution in [0.4, 0.5) is 4.79 Å². The number of alkyl carbamates (subject to hydrolysis) is 1. The van der Waals surface area contributed by atoms with Crippen LogP contribution in [0.2, 0.25) is 0 Å². The molecule has 0 heterocycles. The molecule has 3 N–H and O–H groups in total. The maximum atomic E-state index is 10.8. The molecule has 0 aliphatic rings. The van der Waals surface area contributed by atoms with Crippen molar-refractivity contribution in [1.82, 2.24) is 5.32 Å². The summed E-state index contributed by atoms with van der Waals surface area (Å²) in [5.41, 5.74) is 0. The van der Waals surface area contributed by atoms with Crippen LogP contribution in [-0.4, -0.2) is 55.9 Å². The molecule has 0 saturated heterocycles. The second-order valence-corrected chi connectivity index (χ2v) is 2.34. The maximum Gasteiger partial charge on any atom is 0.407 e. The van der Waals surface area contributed by atoms with Crippen LogP contribution in [0.15, 0.2) is 0 Å². The van der Waals surface area contributed by atoms with Gasteiger partial charge in [0.1, 0.15) is 6.61 Å². The van der Waals surface area contributed by atoms with Crippen LogP contribution in [0.5, 0.6) is 0 Å². The maximum absolute atomic E-state index is 10.8.